The molecule has 7 heteroatoms. The molecule has 0 unspecified atom stereocenters. The molecule has 166 valence electrons. The lowest BCUT2D eigenvalue weighted by Crippen LogP contribution is -2.42. The molecule has 1 N–H and O–H groups in total. The Morgan fingerprint density at radius 3 is 2.56 bits per heavy atom. The largest absolute Gasteiger partial charge is 0.497 e. The van der Waals surface area contributed by atoms with Crippen LogP contribution in [0.4, 0.5) is 0 Å². The number of methoxy groups -OCH3 is 1. The molecular formula is C25H27N3O4. The highest BCUT2D eigenvalue weighted by Crippen LogP contribution is 2.19. The summed E-state index contributed by atoms with van der Waals surface area (Å²) in [7, 11) is 1.55. The lowest BCUT2D eigenvalue weighted by Gasteiger charge is -2.15. The van der Waals surface area contributed by atoms with E-state index in [1.54, 1.807) is 55.6 Å². The van der Waals surface area contributed by atoms with Crippen LogP contribution in [-0.4, -0.2) is 28.7 Å². The SMILES string of the molecule is COc1ccc(-n2c(=O)c3ccccc3n(CC(=O)NCCC3=CCCCC3)c2=O)cc1. The second-order valence-corrected chi connectivity index (χ2v) is 7.93. The van der Waals surface area contributed by atoms with E-state index in [0.717, 1.165) is 23.8 Å². The fourth-order valence-electron chi connectivity index (χ4n) is 4.13. The molecule has 0 radical (unpaired) electrons. The smallest absolute Gasteiger partial charge is 0.336 e. The number of rotatable bonds is 7. The number of fused-ring (bicyclic) bond motifs is 1. The van der Waals surface area contributed by atoms with Gasteiger partial charge in [-0.2, -0.15) is 0 Å². The van der Waals surface area contributed by atoms with E-state index in [2.05, 4.69) is 11.4 Å². The van der Waals surface area contributed by atoms with E-state index in [9.17, 15) is 14.4 Å². The van der Waals surface area contributed by atoms with Gasteiger partial charge in [0.1, 0.15) is 12.3 Å². The fraction of sp³-hybridized carbons (Fsp3) is 0.320. The Balaban J connectivity index is 1.64. The maximum Gasteiger partial charge on any atom is 0.336 e. The molecule has 4 rings (SSSR count). The van der Waals surface area contributed by atoms with Gasteiger partial charge < -0.3 is 10.1 Å². The number of aromatic nitrogens is 2. The molecule has 7 nitrogen and oxygen atoms in total. The van der Waals surface area contributed by atoms with Crippen LogP contribution in [0.2, 0.25) is 0 Å². The lowest BCUT2D eigenvalue weighted by molar-refractivity contribution is -0.121. The van der Waals surface area contributed by atoms with E-state index in [1.165, 1.54) is 23.0 Å². The summed E-state index contributed by atoms with van der Waals surface area (Å²) in [4.78, 5) is 39.1. The van der Waals surface area contributed by atoms with Crippen molar-refractivity contribution in [1.82, 2.24) is 14.5 Å². The molecule has 0 atom stereocenters. The van der Waals surface area contributed by atoms with E-state index in [4.69, 9.17) is 4.74 Å². The lowest BCUT2D eigenvalue weighted by atomic mass is 9.97. The number of hydrogen-bond donors (Lipinski definition) is 1. The third-order valence-corrected chi connectivity index (χ3v) is 5.84. The van der Waals surface area contributed by atoms with Crippen LogP contribution >= 0.6 is 0 Å². The molecule has 1 aliphatic rings. The Bertz CT molecular complexity index is 1270. The van der Waals surface area contributed by atoms with Crippen molar-refractivity contribution in [1.29, 1.82) is 0 Å². The number of ether oxygens (including phenoxy) is 1. The van der Waals surface area contributed by atoms with Crippen molar-refractivity contribution in [2.75, 3.05) is 13.7 Å². The van der Waals surface area contributed by atoms with E-state index < -0.39 is 11.2 Å². The van der Waals surface area contributed by atoms with Crippen LogP contribution in [0.25, 0.3) is 16.6 Å². The molecule has 3 aromatic rings. The van der Waals surface area contributed by atoms with E-state index in [-0.39, 0.29) is 12.5 Å². The van der Waals surface area contributed by atoms with Crippen molar-refractivity contribution >= 4 is 16.8 Å². The third kappa shape index (κ3) is 4.51. The quantitative estimate of drug-likeness (QED) is 0.580. The second kappa shape index (κ2) is 9.68. The third-order valence-electron chi connectivity index (χ3n) is 5.84. The first-order valence-electron chi connectivity index (χ1n) is 10.9. The predicted molar refractivity (Wildman–Crippen MR) is 125 cm³/mol. The predicted octanol–water partition coefficient (Wildman–Crippen LogP) is 3.17. The number of carbonyl (C=O) groups is 1. The van der Waals surface area contributed by atoms with Gasteiger partial charge >= 0.3 is 5.69 Å². The number of nitrogens with zero attached hydrogens (tertiary/aromatic N) is 2. The highest BCUT2D eigenvalue weighted by Gasteiger charge is 2.16. The topological polar surface area (TPSA) is 82.3 Å². The van der Waals surface area contributed by atoms with Gasteiger partial charge in [-0.1, -0.05) is 23.8 Å². The monoisotopic (exact) mass is 433 g/mol. The Hall–Kier alpha value is -3.61. The van der Waals surface area contributed by atoms with Gasteiger partial charge in [0, 0.05) is 6.54 Å². The highest BCUT2D eigenvalue weighted by molar-refractivity contribution is 5.81. The van der Waals surface area contributed by atoms with Crippen LogP contribution in [0, 0.1) is 0 Å². The van der Waals surface area contributed by atoms with Gasteiger partial charge in [0.25, 0.3) is 5.56 Å². The van der Waals surface area contributed by atoms with Gasteiger partial charge in [0.05, 0.1) is 23.7 Å². The van der Waals surface area contributed by atoms with E-state index >= 15 is 0 Å². The van der Waals surface area contributed by atoms with Crippen LogP contribution in [-0.2, 0) is 11.3 Å². The molecule has 0 spiro atoms. The number of allylic oxidation sites excluding steroid dienone is 1. The van der Waals surface area contributed by atoms with Crippen molar-refractivity contribution in [2.24, 2.45) is 0 Å². The number of benzene rings is 2. The van der Waals surface area contributed by atoms with Crippen LogP contribution in [0.3, 0.4) is 0 Å². The fourth-order valence-corrected chi connectivity index (χ4v) is 4.13. The first-order valence-corrected chi connectivity index (χ1v) is 10.9. The second-order valence-electron chi connectivity index (χ2n) is 7.93. The summed E-state index contributed by atoms with van der Waals surface area (Å²) in [5.41, 5.74) is 1.27. The molecule has 0 saturated heterocycles. The van der Waals surface area contributed by atoms with Gasteiger partial charge in [-0.25, -0.2) is 9.36 Å². The summed E-state index contributed by atoms with van der Waals surface area (Å²) < 4.78 is 7.62. The Kier molecular flexibility index (Phi) is 6.54. The van der Waals surface area contributed by atoms with Crippen LogP contribution < -0.4 is 21.3 Å². The molecule has 1 amide bonds. The first-order chi connectivity index (χ1) is 15.6. The summed E-state index contributed by atoms with van der Waals surface area (Å²) in [6, 6.07) is 13.5. The summed E-state index contributed by atoms with van der Waals surface area (Å²) in [6.07, 6.45) is 7.72. The molecule has 1 aliphatic carbocycles. The zero-order valence-corrected chi connectivity index (χ0v) is 18.2. The van der Waals surface area contributed by atoms with Crippen molar-refractivity contribution in [3.63, 3.8) is 0 Å². The number of carbonyl (C=O) groups excluding carboxylic acids is 1. The minimum absolute atomic E-state index is 0.158. The average molecular weight is 434 g/mol. The normalized spacial score (nSPS) is 13.6. The minimum Gasteiger partial charge on any atom is -0.497 e. The zero-order chi connectivity index (χ0) is 22.5. The molecule has 0 aliphatic heterocycles. The molecule has 2 aromatic carbocycles. The Labute approximate surface area is 185 Å². The van der Waals surface area contributed by atoms with Crippen molar-refractivity contribution in [2.45, 2.75) is 38.6 Å². The summed E-state index contributed by atoms with van der Waals surface area (Å²) in [6.45, 7) is 0.379. The number of amides is 1. The molecule has 0 fully saturated rings. The standard InChI is InChI=1S/C25H27N3O4/c1-32-20-13-11-19(12-14-20)28-24(30)21-9-5-6-10-22(21)27(25(28)31)17-23(29)26-16-15-18-7-3-2-4-8-18/h5-7,9-14H,2-4,8,15-17H2,1H3,(H,26,29). The highest BCUT2D eigenvalue weighted by atomic mass is 16.5. The molecule has 32 heavy (non-hydrogen) atoms. The van der Waals surface area contributed by atoms with Gasteiger partial charge in [0.2, 0.25) is 5.91 Å². The maximum absolute atomic E-state index is 13.3. The van der Waals surface area contributed by atoms with Gasteiger partial charge in [-0.3, -0.25) is 14.2 Å². The Morgan fingerprint density at radius 2 is 1.84 bits per heavy atom. The number of nitrogens with one attached hydrogen (secondary N) is 1. The van der Waals surface area contributed by atoms with Crippen molar-refractivity contribution < 1.29 is 9.53 Å². The van der Waals surface area contributed by atoms with E-state index in [0.29, 0.717) is 28.9 Å². The molecule has 0 bridgehead atoms. The number of hydrogen-bond acceptors (Lipinski definition) is 4. The van der Waals surface area contributed by atoms with E-state index in [1.807, 2.05) is 0 Å². The zero-order valence-electron chi connectivity index (χ0n) is 18.2. The average Bonchev–Trinajstić information content (AvgIpc) is 2.83. The van der Waals surface area contributed by atoms with Crippen LogP contribution in [0.1, 0.15) is 32.1 Å². The minimum atomic E-state index is -0.552. The first kappa shape index (κ1) is 21.6. The van der Waals surface area contributed by atoms with Gasteiger partial charge in [0.15, 0.2) is 0 Å². The maximum atomic E-state index is 13.3. The van der Waals surface area contributed by atoms with Crippen LogP contribution in [0.15, 0.2) is 69.8 Å². The van der Waals surface area contributed by atoms with Gasteiger partial charge in [-0.15, -0.1) is 0 Å². The summed E-state index contributed by atoms with van der Waals surface area (Å²) >= 11 is 0. The molecular weight excluding hydrogens is 406 g/mol. The summed E-state index contributed by atoms with van der Waals surface area (Å²) in [5.74, 6) is 0.365. The Morgan fingerprint density at radius 1 is 1.06 bits per heavy atom. The number of para-hydroxylation sites is 1. The molecule has 1 heterocycles. The molecule has 1 aromatic heterocycles. The van der Waals surface area contributed by atoms with Crippen molar-refractivity contribution in [3.05, 3.63) is 81.0 Å². The van der Waals surface area contributed by atoms with Crippen LogP contribution in [0.5, 0.6) is 5.75 Å². The summed E-state index contributed by atoms with van der Waals surface area (Å²) in [5, 5.41) is 3.29. The van der Waals surface area contributed by atoms with Crippen molar-refractivity contribution in [3.8, 4) is 11.4 Å². The molecule has 0 saturated carbocycles. The van der Waals surface area contributed by atoms with Gasteiger partial charge in [-0.05, 0) is 68.5 Å².